The Balaban J connectivity index is 2.04. The number of benzene rings is 1. The average Bonchev–Trinajstić information content (AvgIpc) is 2.69. The van der Waals surface area contributed by atoms with E-state index in [-0.39, 0.29) is 11.4 Å². The van der Waals surface area contributed by atoms with Crippen molar-refractivity contribution in [2.24, 2.45) is 0 Å². The third kappa shape index (κ3) is 2.09. The number of hydrogen-bond donors (Lipinski definition) is 2. The van der Waals surface area contributed by atoms with E-state index in [1.165, 1.54) is 10.5 Å². The van der Waals surface area contributed by atoms with Crippen LogP contribution in [0.4, 0.5) is 0 Å². The van der Waals surface area contributed by atoms with Crippen molar-refractivity contribution in [3.05, 3.63) is 46.1 Å². The van der Waals surface area contributed by atoms with E-state index in [9.17, 15) is 9.90 Å². The number of hydrogen-bond acceptors (Lipinski definition) is 5. The second-order valence-electron chi connectivity index (χ2n) is 4.47. The third-order valence-corrected chi connectivity index (χ3v) is 2.80. The van der Waals surface area contributed by atoms with E-state index in [0.717, 1.165) is 5.56 Å². The van der Waals surface area contributed by atoms with Gasteiger partial charge in [-0.25, -0.2) is 14.3 Å². The van der Waals surface area contributed by atoms with Gasteiger partial charge in [-0.15, -0.1) is 0 Å². The van der Waals surface area contributed by atoms with Gasteiger partial charge in [0.15, 0.2) is 5.65 Å². The minimum absolute atomic E-state index is 0.119. The van der Waals surface area contributed by atoms with Crippen LogP contribution in [0.3, 0.4) is 0 Å². The Kier molecular flexibility index (Phi) is 2.67. The molecule has 0 aliphatic heterocycles. The van der Waals surface area contributed by atoms with Gasteiger partial charge >= 0.3 is 5.69 Å². The van der Waals surface area contributed by atoms with Crippen LogP contribution < -0.4 is 10.4 Å². The van der Waals surface area contributed by atoms with Crippen LogP contribution in [0.15, 0.2) is 29.1 Å². The molecule has 1 aromatic carbocycles. The number of aromatic amines is 1. The summed E-state index contributed by atoms with van der Waals surface area (Å²) in [7, 11) is 0. The molecule has 0 fully saturated rings. The van der Waals surface area contributed by atoms with Crippen molar-refractivity contribution in [1.82, 2.24) is 19.6 Å². The summed E-state index contributed by atoms with van der Waals surface area (Å²) in [6.07, 6.45) is 0. The normalized spacial score (nSPS) is 10.9. The summed E-state index contributed by atoms with van der Waals surface area (Å²) in [5.74, 6) is 1.36. The molecule has 0 bridgehead atoms. The fraction of sp³-hybridized carbons (Fsp3) is 0.154. The first-order valence-corrected chi connectivity index (χ1v) is 5.96. The topological polar surface area (TPSA) is 92.5 Å². The van der Waals surface area contributed by atoms with Crippen LogP contribution in [0.5, 0.6) is 17.4 Å². The molecule has 20 heavy (non-hydrogen) atoms. The quantitative estimate of drug-likeness (QED) is 0.738. The second-order valence-corrected chi connectivity index (χ2v) is 4.47. The van der Waals surface area contributed by atoms with Crippen molar-refractivity contribution < 1.29 is 9.84 Å². The lowest BCUT2D eigenvalue weighted by molar-refractivity contribution is 0.443. The summed E-state index contributed by atoms with van der Waals surface area (Å²) in [6.45, 7) is 3.53. The number of rotatable bonds is 2. The van der Waals surface area contributed by atoms with Crippen molar-refractivity contribution in [1.29, 1.82) is 0 Å². The molecule has 0 saturated carbocycles. The molecule has 0 aliphatic rings. The van der Waals surface area contributed by atoms with Gasteiger partial charge in [0.25, 0.3) is 0 Å². The zero-order valence-corrected chi connectivity index (χ0v) is 10.9. The highest BCUT2D eigenvalue weighted by Gasteiger charge is 2.09. The first kappa shape index (κ1) is 12.2. The molecule has 2 N–H and O–H groups in total. The summed E-state index contributed by atoms with van der Waals surface area (Å²) in [5.41, 5.74) is 0.952. The first-order chi connectivity index (χ1) is 9.52. The monoisotopic (exact) mass is 272 g/mol. The fourth-order valence-corrected chi connectivity index (χ4v) is 2.03. The maximum atomic E-state index is 11.5. The van der Waals surface area contributed by atoms with Crippen LogP contribution in [-0.4, -0.2) is 24.7 Å². The maximum absolute atomic E-state index is 11.5. The van der Waals surface area contributed by atoms with Gasteiger partial charge < -0.3 is 9.84 Å². The number of nitrogens with one attached hydrogen (secondary N) is 1. The molecule has 0 unspecified atom stereocenters. The smallest absolute Gasteiger partial charge is 0.349 e. The predicted molar refractivity (Wildman–Crippen MR) is 71.3 cm³/mol. The van der Waals surface area contributed by atoms with Gasteiger partial charge in [-0.1, -0.05) is 0 Å². The summed E-state index contributed by atoms with van der Waals surface area (Å²) < 4.78 is 6.95. The van der Waals surface area contributed by atoms with E-state index in [4.69, 9.17) is 4.74 Å². The number of H-pyrrole nitrogens is 1. The standard InChI is InChI=1S/C13H12N4O3/c1-7-3-9(18)5-10(4-7)20-12-6-11-15-16-13(19)17(11)8(2)14-12/h3-6,18H,1-2H3,(H,16,19). The lowest BCUT2D eigenvalue weighted by Gasteiger charge is -2.07. The van der Waals surface area contributed by atoms with Crippen LogP contribution in [0.1, 0.15) is 11.4 Å². The van der Waals surface area contributed by atoms with Gasteiger partial charge in [-0.2, -0.15) is 10.1 Å². The van der Waals surface area contributed by atoms with E-state index in [1.807, 2.05) is 6.92 Å². The van der Waals surface area contributed by atoms with E-state index < -0.39 is 0 Å². The zero-order valence-electron chi connectivity index (χ0n) is 10.9. The molecule has 3 rings (SSSR count). The molecule has 2 heterocycles. The van der Waals surface area contributed by atoms with Gasteiger partial charge in [0.05, 0.1) is 0 Å². The predicted octanol–water partition coefficient (Wildman–Crippen LogP) is 1.53. The lowest BCUT2D eigenvalue weighted by atomic mass is 10.2. The summed E-state index contributed by atoms with van der Waals surface area (Å²) >= 11 is 0. The molecule has 7 heteroatoms. The second kappa shape index (κ2) is 4.37. The summed E-state index contributed by atoms with van der Waals surface area (Å²) in [4.78, 5) is 15.7. The van der Waals surface area contributed by atoms with Crippen LogP contribution in [0.2, 0.25) is 0 Å². The highest BCUT2D eigenvalue weighted by atomic mass is 16.5. The number of fused-ring (bicyclic) bond motifs is 1. The van der Waals surface area contributed by atoms with Crippen molar-refractivity contribution in [3.8, 4) is 17.4 Å². The lowest BCUT2D eigenvalue weighted by Crippen LogP contribution is -2.13. The number of nitrogens with zero attached hydrogens (tertiary/aromatic N) is 3. The minimum Gasteiger partial charge on any atom is -0.508 e. The van der Waals surface area contributed by atoms with Crippen molar-refractivity contribution in [2.45, 2.75) is 13.8 Å². The van der Waals surface area contributed by atoms with Gasteiger partial charge in [0, 0.05) is 12.1 Å². The van der Waals surface area contributed by atoms with Crippen LogP contribution in [0.25, 0.3) is 5.65 Å². The first-order valence-electron chi connectivity index (χ1n) is 5.96. The molecule has 0 amide bonds. The van der Waals surface area contributed by atoms with Gasteiger partial charge in [-0.3, -0.25) is 0 Å². The molecular formula is C13H12N4O3. The summed E-state index contributed by atoms with van der Waals surface area (Å²) in [6, 6.07) is 6.44. The minimum atomic E-state index is -0.343. The Labute approximate surface area is 113 Å². The van der Waals surface area contributed by atoms with Gasteiger partial charge in [0.1, 0.15) is 17.3 Å². The number of ether oxygens (including phenoxy) is 1. The largest absolute Gasteiger partial charge is 0.508 e. The number of phenolic OH excluding ortho intramolecular Hbond substituents is 1. The molecule has 3 aromatic rings. The average molecular weight is 272 g/mol. The zero-order chi connectivity index (χ0) is 14.3. The van der Waals surface area contributed by atoms with Crippen molar-refractivity contribution >= 4 is 5.65 Å². The molecule has 102 valence electrons. The van der Waals surface area contributed by atoms with Crippen LogP contribution in [-0.2, 0) is 0 Å². The van der Waals surface area contributed by atoms with Crippen molar-refractivity contribution in [3.63, 3.8) is 0 Å². The fourth-order valence-electron chi connectivity index (χ4n) is 2.03. The van der Waals surface area contributed by atoms with Crippen LogP contribution in [0, 0.1) is 13.8 Å². The Morgan fingerprint density at radius 3 is 2.80 bits per heavy atom. The molecule has 0 radical (unpaired) electrons. The van der Waals surface area contributed by atoms with E-state index in [2.05, 4.69) is 15.2 Å². The number of phenols is 1. The SMILES string of the molecule is Cc1cc(O)cc(Oc2cc3n[nH]c(=O)n3c(C)n2)c1. The number of aromatic hydroxyl groups is 1. The molecular weight excluding hydrogens is 260 g/mol. The molecule has 2 aromatic heterocycles. The maximum Gasteiger partial charge on any atom is 0.349 e. The van der Waals surface area contributed by atoms with Gasteiger partial charge in [0.2, 0.25) is 5.88 Å². The van der Waals surface area contributed by atoms with E-state index >= 15 is 0 Å². The molecule has 0 atom stereocenters. The van der Waals surface area contributed by atoms with Crippen LogP contribution >= 0.6 is 0 Å². The molecule has 0 aliphatic carbocycles. The van der Waals surface area contributed by atoms with Gasteiger partial charge in [-0.05, 0) is 31.5 Å². The highest BCUT2D eigenvalue weighted by Crippen LogP contribution is 2.25. The third-order valence-electron chi connectivity index (χ3n) is 2.80. The Bertz CT molecular complexity index is 830. The Morgan fingerprint density at radius 1 is 1.25 bits per heavy atom. The Morgan fingerprint density at radius 2 is 2.05 bits per heavy atom. The summed E-state index contributed by atoms with van der Waals surface area (Å²) in [5, 5.41) is 15.8. The number of aromatic nitrogens is 4. The molecule has 0 saturated heterocycles. The molecule has 0 spiro atoms. The highest BCUT2D eigenvalue weighted by molar-refractivity contribution is 5.44. The number of aryl methyl sites for hydroxylation is 2. The van der Waals surface area contributed by atoms with Crippen molar-refractivity contribution in [2.75, 3.05) is 0 Å². The van der Waals surface area contributed by atoms with E-state index in [0.29, 0.717) is 23.1 Å². The molecule has 7 nitrogen and oxygen atoms in total. The van der Waals surface area contributed by atoms with E-state index in [1.54, 1.807) is 25.1 Å². The Hall–Kier alpha value is -2.83.